The molecule has 3 aromatic heterocycles. The van der Waals surface area contributed by atoms with Gasteiger partial charge in [-0.25, -0.2) is 9.97 Å². The molecular formula is C19H21N5O2S. The van der Waals surface area contributed by atoms with Gasteiger partial charge in [0.1, 0.15) is 5.82 Å². The lowest BCUT2D eigenvalue weighted by molar-refractivity contribution is -0.132. The number of nitrogens with one attached hydrogen (secondary N) is 1. The van der Waals surface area contributed by atoms with Gasteiger partial charge < -0.3 is 14.5 Å². The molecule has 0 radical (unpaired) electrons. The van der Waals surface area contributed by atoms with Gasteiger partial charge in [-0.3, -0.25) is 9.59 Å². The lowest BCUT2D eigenvalue weighted by Crippen LogP contribution is -2.40. The molecule has 4 rings (SSSR count). The number of likely N-dealkylation sites (tertiary alicyclic amines) is 1. The van der Waals surface area contributed by atoms with Gasteiger partial charge in [-0.15, -0.1) is 11.3 Å². The zero-order valence-corrected chi connectivity index (χ0v) is 15.7. The zero-order chi connectivity index (χ0) is 18.6. The van der Waals surface area contributed by atoms with Crippen molar-refractivity contribution in [3.63, 3.8) is 0 Å². The van der Waals surface area contributed by atoms with Crippen molar-refractivity contribution in [2.45, 2.75) is 31.7 Å². The van der Waals surface area contributed by atoms with Crippen LogP contribution < -0.4 is 5.56 Å². The summed E-state index contributed by atoms with van der Waals surface area (Å²) < 4.78 is 1.91. The lowest BCUT2D eigenvalue weighted by atomic mass is 9.96. The van der Waals surface area contributed by atoms with E-state index in [1.54, 1.807) is 23.9 Å². The molecule has 1 atom stereocenters. The van der Waals surface area contributed by atoms with Crippen LogP contribution in [-0.2, 0) is 11.3 Å². The predicted molar refractivity (Wildman–Crippen MR) is 104 cm³/mol. The number of amides is 1. The first-order valence-corrected chi connectivity index (χ1v) is 9.95. The summed E-state index contributed by atoms with van der Waals surface area (Å²) in [6, 6.07) is 5.44. The molecule has 27 heavy (non-hydrogen) atoms. The smallest absolute Gasteiger partial charge is 0.251 e. The zero-order valence-electron chi connectivity index (χ0n) is 14.9. The van der Waals surface area contributed by atoms with E-state index in [9.17, 15) is 9.59 Å². The number of carbonyl (C=O) groups is 1. The Balaban J connectivity index is 1.46. The summed E-state index contributed by atoms with van der Waals surface area (Å²) in [5.74, 6) is 0.867. The molecular weight excluding hydrogens is 362 g/mol. The van der Waals surface area contributed by atoms with Gasteiger partial charge in [0.2, 0.25) is 5.91 Å². The summed E-state index contributed by atoms with van der Waals surface area (Å²) in [4.78, 5) is 39.1. The van der Waals surface area contributed by atoms with E-state index in [1.807, 2.05) is 33.2 Å². The highest BCUT2D eigenvalue weighted by molar-refractivity contribution is 7.13. The lowest BCUT2D eigenvalue weighted by Gasteiger charge is -2.32. The van der Waals surface area contributed by atoms with Crippen LogP contribution in [0.3, 0.4) is 0 Å². The largest absolute Gasteiger partial charge is 0.342 e. The molecule has 0 spiro atoms. The highest BCUT2D eigenvalue weighted by atomic mass is 32.1. The highest BCUT2D eigenvalue weighted by Gasteiger charge is 2.26. The minimum Gasteiger partial charge on any atom is -0.342 e. The molecule has 140 valence electrons. The minimum atomic E-state index is -0.146. The van der Waals surface area contributed by atoms with Gasteiger partial charge in [-0.2, -0.15) is 0 Å². The molecule has 1 aliphatic heterocycles. The van der Waals surface area contributed by atoms with Crippen molar-refractivity contribution in [2.24, 2.45) is 0 Å². The Morgan fingerprint density at radius 1 is 1.41 bits per heavy atom. The van der Waals surface area contributed by atoms with Crippen LogP contribution in [0.5, 0.6) is 0 Å². The van der Waals surface area contributed by atoms with Crippen molar-refractivity contribution in [3.05, 3.63) is 58.5 Å². The molecule has 1 aliphatic rings. The van der Waals surface area contributed by atoms with Gasteiger partial charge in [0.15, 0.2) is 0 Å². The van der Waals surface area contributed by atoms with Crippen LogP contribution in [-0.4, -0.2) is 43.4 Å². The molecule has 1 amide bonds. The molecule has 0 bridgehead atoms. The first kappa shape index (κ1) is 17.7. The normalized spacial score (nSPS) is 17.2. The highest BCUT2D eigenvalue weighted by Crippen LogP contribution is 2.27. The van der Waals surface area contributed by atoms with Crippen molar-refractivity contribution in [3.8, 4) is 10.6 Å². The van der Waals surface area contributed by atoms with E-state index in [-0.39, 0.29) is 17.4 Å². The number of aromatic nitrogens is 4. The van der Waals surface area contributed by atoms with Gasteiger partial charge in [-0.05, 0) is 24.3 Å². The van der Waals surface area contributed by atoms with E-state index < -0.39 is 0 Å². The Labute approximate surface area is 160 Å². The summed E-state index contributed by atoms with van der Waals surface area (Å²) in [5, 5.41) is 1.97. The fraction of sp³-hybridized carbons (Fsp3) is 0.368. The number of aryl methyl sites for hydroxylation is 1. The van der Waals surface area contributed by atoms with Crippen molar-refractivity contribution in [1.82, 2.24) is 24.4 Å². The van der Waals surface area contributed by atoms with E-state index >= 15 is 0 Å². The van der Waals surface area contributed by atoms with E-state index in [4.69, 9.17) is 0 Å². The number of carbonyl (C=O) groups excluding carboxylic acids is 1. The third-order valence-corrected chi connectivity index (χ3v) is 5.73. The molecule has 8 heteroatoms. The molecule has 0 aromatic carbocycles. The fourth-order valence-corrected chi connectivity index (χ4v) is 4.14. The molecule has 7 nitrogen and oxygen atoms in total. The van der Waals surface area contributed by atoms with Gasteiger partial charge >= 0.3 is 0 Å². The van der Waals surface area contributed by atoms with Crippen LogP contribution in [0.4, 0.5) is 0 Å². The molecule has 3 aromatic rings. The van der Waals surface area contributed by atoms with Crippen LogP contribution in [0, 0.1) is 0 Å². The van der Waals surface area contributed by atoms with E-state index in [1.165, 1.54) is 6.07 Å². The van der Waals surface area contributed by atoms with Crippen molar-refractivity contribution in [2.75, 3.05) is 13.1 Å². The Kier molecular flexibility index (Phi) is 5.15. The molecule has 0 saturated carbocycles. The first-order valence-electron chi connectivity index (χ1n) is 9.08. The second-order valence-corrected chi connectivity index (χ2v) is 7.67. The molecule has 1 fully saturated rings. The molecule has 0 aliphatic carbocycles. The summed E-state index contributed by atoms with van der Waals surface area (Å²) in [6.45, 7) is 1.98. The van der Waals surface area contributed by atoms with Crippen LogP contribution >= 0.6 is 11.3 Å². The number of hydrogen-bond donors (Lipinski definition) is 1. The van der Waals surface area contributed by atoms with Crippen LogP contribution in [0.2, 0.25) is 0 Å². The van der Waals surface area contributed by atoms with E-state index in [0.29, 0.717) is 31.0 Å². The third kappa shape index (κ3) is 4.16. The topological polar surface area (TPSA) is 83.9 Å². The summed E-state index contributed by atoms with van der Waals surface area (Å²) >= 11 is 1.56. The average molecular weight is 383 g/mol. The number of nitrogens with zero attached hydrogens (tertiary/aromatic N) is 4. The van der Waals surface area contributed by atoms with Crippen molar-refractivity contribution < 1.29 is 4.79 Å². The number of H-pyrrole nitrogens is 1. The maximum absolute atomic E-state index is 12.6. The number of imidazole rings is 1. The van der Waals surface area contributed by atoms with Crippen molar-refractivity contribution >= 4 is 17.2 Å². The van der Waals surface area contributed by atoms with Crippen molar-refractivity contribution in [1.29, 1.82) is 0 Å². The molecule has 0 unspecified atom stereocenters. The molecule has 1 saturated heterocycles. The second kappa shape index (κ2) is 7.87. The Hall–Kier alpha value is -2.74. The quantitative estimate of drug-likeness (QED) is 0.734. The standard InChI is InChI=1S/C19H21N5O2S/c25-17-11-15(16-4-2-10-27-16)21-19(22-17)14-3-1-7-24(12-14)18(26)5-8-23-9-6-20-13-23/h2,4,6,9-11,13-14H,1,3,5,7-8,12H2,(H,21,22,25)/t14-/m1/s1. The molecule has 1 N–H and O–H groups in total. The summed E-state index contributed by atoms with van der Waals surface area (Å²) in [5.41, 5.74) is 0.555. The Morgan fingerprint density at radius 2 is 2.33 bits per heavy atom. The van der Waals surface area contributed by atoms with Crippen LogP contribution in [0.1, 0.15) is 31.0 Å². The number of piperidine rings is 1. The van der Waals surface area contributed by atoms with Crippen LogP contribution in [0.25, 0.3) is 10.6 Å². The Bertz CT molecular complexity index is 949. The van der Waals surface area contributed by atoms with Crippen LogP contribution in [0.15, 0.2) is 47.1 Å². The van der Waals surface area contributed by atoms with Gasteiger partial charge in [0.25, 0.3) is 5.56 Å². The maximum atomic E-state index is 12.6. The number of aromatic amines is 1. The molecule has 4 heterocycles. The monoisotopic (exact) mass is 383 g/mol. The van der Waals surface area contributed by atoms with E-state index in [2.05, 4.69) is 15.0 Å². The number of hydrogen-bond acceptors (Lipinski definition) is 5. The van der Waals surface area contributed by atoms with Gasteiger partial charge in [0, 0.05) is 50.4 Å². The SMILES string of the molecule is O=C(CCn1ccnc1)N1CCC[C@@H](c2nc(-c3cccs3)cc(=O)[nH]2)C1. The third-order valence-electron chi connectivity index (χ3n) is 4.84. The summed E-state index contributed by atoms with van der Waals surface area (Å²) in [7, 11) is 0. The minimum absolute atomic E-state index is 0.0588. The second-order valence-electron chi connectivity index (χ2n) is 6.72. The number of thiophene rings is 1. The summed E-state index contributed by atoms with van der Waals surface area (Å²) in [6.07, 6.45) is 7.57. The predicted octanol–water partition coefficient (Wildman–Crippen LogP) is 2.49. The van der Waals surface area contributed by atoms with E-state index in [0.717, 1.165) is 24.3 Å². The maximum Gasteiger partial charge on any atom is 0.251 e. The number of rotatable bonds is 5. The average Bonchev–Trinajstić information content (AvgIpc) is 3.39. The van der Waals surface area contributed by atoms with Gasteiger partial charge in [0.05, 0.1) is 16.9 Å². The van der Waals surface area contributed by atoms with Gasteiger partial charge in [-0.1, -0.05) is 6.07 Å². The first-order chi connectivity index (χ1) is 13.2. The Morgan fingerprint density at radius 3 is 3.11 bits per heavy atom. The fourth-order valence-electron chi connectivity index (χ4n) is 3.45.